The van der Waals surface area contributed by atoms with Crippen LogP contribution in [0.4, 0.5) is 11.5 Å². The normalized spacial score (nSPS) is 10.9. The second-order valence-electron chi connectivity index (χ2n) is 6.94. The molecular weight excluding hydrogens is 394 g/mol. The predicted molar refractivity (Wildman–Crippen MR) is 123 cm³/mol. The zero-order valence-electron chi connectivity index (χ0n) is 17.0. The number of ether oxygens (including phenoxy) is 1. The molecule has 0 aliphatic heterocycles. The largest absolute Gasteiger partial charge is 0.462 e. The second-order valence-corrected chi connectivity index (χ2v) is 7.80. The number of carbonyl (C=O) groups is 1. The van der Waals surface area contributed by atoms with E-state index >= 15 is 0 Å². The maximum absolute atomic E-state index is 12.2. The third-order valence-electron chi connectivity index (χ3n) is 4.84. The summed E-state index contributed by atoms with van der Waals surface area (Å²) < 4.78 is 5.25. The minimum Gasteiger partial charge on any atom is -0.462 e. The van der Waals surface area contributed by atoms with E-state index in [4.69, 9.17) is 4.74 Å². The molecule has 2 heterocycles. The maximum atomic E-state index is 12.2. The van der Waals surface area contributed by atoms with Crippen molar-refractivity contribution in [2.24, 2.45) is 0 Å². The van der Waals surface area contributed by atoms with E-state index in [1.54, 1.807) is 29.8 Å². The molecule has 2 aromatic heterocycles. The Kier molecular flexibility index (Phi) is 6.05. The fraction of sp³-hybridized carbons (Fsp3) is 0.208. The lowest BCUT2D eigenvalue weighted by Crippen LogP contribution is -2.06. The van der Waals surface area contributed by atoms with Crippen LogP contribution in [0.2, 0.25) is 0 Å². The van der Waals surface area contributed by atoms with Crippen LogP contribution in [0.25, 0.3) is 21.3 Å². The quantitative estimate of drug-likeness (QED) is 0.361. The van der Waals surface area contributed by atoms with Crippen molar-refractivity contribution >= 4 is 39.0 Å². The van der Waals surface area contributed by atoms with Gasteiger partial charge in [0.2, 0.25) is 0 Å². The lowest BCUT2D eigenvalue weighted by molar-refractivity contribution is 0.0505. The number of rotatable bonds is 7. The molecule has 0 spiro atoms. The van der Waals surface area contributed by atoms with Crippen molar-refractivity contribution in [1.29, 1.82) is 0 Å². The summed E-state index contributed by atoms with van der Waals surface area (Å²) in [6.07, 6.45) is 3.37. The van der Waals surface area contributed by atoms with Gasteiger partial charge in [-0.2, -0.15) is 0 Å². The highest BCUT2D eigenvalue weighted by Crippen LogP contribution is 2.37. The monoisotopic (exact) mass is 417 g/mol. The van der Waals surface area contributed by atoms with E-state index in [9.17, 15) is 4.79 Å². The average molecular weight is 418 g/mol. The number of hydrogen-bond donors (Lipinski definition) is 1. The molecule has 30 heavy (non-hydrogen) atoms. The number of nitrogens with zero attached hydrogens (tertiary/aromatic N) is 2. The van der Waals surface area contributed by atoms with Gasteiger partial charge in [0.1, 0.15) is 17.0 Å². The van der Waals surface area contributed by atoms with Crippen molar-refractivity contribution in [3.63, 3.8) is 0 Å². The molecule has 0 aliphatic rings. The molecule has 4 aromatic rings. The van der Waals surface area contributed by atoms with E-state index in [2.05, 4.69) is 51.9 Å². The zero-order valence-corrected chi connectivity index (χ0v) is 17.8. The zero-order chi connectivity index (χ0) is 20.9. The second kappa shape index (κ2) is 9.05. The molecule has 0 atom stereocenters. The van der Waals surface area contributed by atoms with E-state index in [1.165, 1.54) is 5.56 Å². The molecule has 0 radical (unpaired) electrons. The molecule has 0 bridgehead atoms. The Labute approximate surface area is 179 Å². The Hall–Kier alpha value is -3.25. The topological polar surface area (TPSA) is 64.1 Å². The summed E-state index contributed by atoms with van der Waals surface area (Å²) in [5.74, 6) is 0.399. The summed E-state index contributed by atoms with van der Waals surface area (Å²) in [6, 6.07) is 15.9. The molecule has 0 amide bonds. The Morgan fingerprint density at radius 2 is 1.93 bits per heavy atom. The first-order chi connectivity index (χ1) is 14.7. The fourth-order valence-electron chi connectivity index (χ4n) is 3.24. The van der Waals surface area contributed by atoms with Crippen LogP contribution < -0.4 is 5.32 Å². The van der Waals surface area contributed by atoms with Crippen LogP contribution in [-0.4, -0.2) is 22.5 Å². The number of carbonyl (C=O) groups excluding carboxylic acids is 1. The van der Waals surface area contributed by atoms with Crippen molar-refractivity contribution in [2.75, 3.05) is 11.9 Å². The molecular formula is C24H23N3O2S. The summed E-state index contributed by atoms with van der Waals surface area (Å²) in [5.41, 5.74) is 4.82. The number of thiophene rings is 1. The summed E-state index contributed by atoms with van der Waals surface area (Å²) in [6.45, 7) is 4.54. The Bertz CT molecular complexity index is 1170. The number of anilines is 2. The molecule has 2 aromatic carbocycles. The van der Waals surface area contributed by atoms with Gasteiger partial charge in [0.05, 0.1) is 17.6 Å². The van der Waals surface area contributed by atoms with E-state index in [0.717, 1.165) is 45.7 Å². The summed E-state index contributed by atoms with van der Waals surface area (Å²) >= 11 is 1.60. The van der Waals surface area contributed by atoms with Crippen molar-refractivity contribution in [1.82, 2.24) is 9.97 Å². The van der Waals surface area contributed by atoms with Gasteiger partial charge in [-0.05, 0) is 42.2 Å². The van der Waals surface area contributed by atoms with Crippen molar-refractivity contribution in [3.8, 4) is 11.1 Å². The molecule has 0 saturated carbocycles. The van der Waals surface area contributed by atoms with Gasteiger partial charge in [0, 0.05) is 16.6 Å². The van der Waals surface area contributed by atoms with Crippen LogP contribution in [0, 0.1) is 0 Å². The van der Waals surface area contributed by atoms with Gasteiger partial charge in [-0.15, -0.1) is 11.3 Å². The number of nitrogens with one attached hydrogen (secondary N) is 1. The van der Waals surface area contributed by atoms with Gasteiger partial charge < -0.3 is 10.1 Å². The number of fused-ring (bicyclic) bond motifs is 1. The molecule has 1 N–H and O–H groups in total. The lowest BCUT2D eigenvalue weighted by atomic mass is 10.0. The lowest BCUT2D eigenvalue weighted by Gasteiger charge is -2.10. The predicted octanol–water partition coefficient (Wildman–Crippen LogP) is 6.23. The van der Waals surface area contributed by atoms with Gasteiger partial charge in [-0.25, -0.2) is 14.8 Å². The number of aromatic nitrogens is 2. The van der Waals surface area contributed by atoms with Gasteiger partial charge in [-0.1, -0.05) is 44.2 Å². The molecule has 0 saturated heterocycles. The summed E-state index contributed by atoms with van der Waals surface area (Å²) in [7, 11) is 0. The van der Waals surface area contributed by atoms with Gasteiger partial charge >= 0.3 is 5.97 Å². The molecule has 4 rings (SSSR count). The third-order valence-corrected chi connectivity index (χ3v) is 5.73. The summed E-state index contributed by atoms with van der Waals surface area (Å²) in [5, 5.41) is 6.46. The van der Waals surface area contributed by atoms with Crippen molar-refractivity contribution in [3.05, 3.63) is 71.4 Å². The van der Waals surface area contributed by atoms with Crippen LogP contribution >= 0.6 is 11.3 Å². The third kappa shape index (κ3) is 4.19. The van der Waals surface area contributed by atoms with E-state index in [1.807, 2.05) is 19.1 Å². The van der Waals surface area contributed by atoms with E-state index in [0.29, 0.717) is 12.2 Å². The molecule has 0 unspecified atom stereocenters. The molecule has 5 nitrogen and oxygen atoms in total. The Morgan fingerprint density at radius 3 is 2.70 bits per heavy atom. The van der Waals surface area contributed by atoms with Crippen LogP contribution in [0.1, 0.15) is 36.2 Å². The maximum Gasteiger partial charge on any atom is 0.338 e. The molecule has 152 valence electrons. The van der Waals surface area contributed by atoms with Crippen molar-refractivity contribution in [2.45, 2.75) is 26.7 Å². The SMILES string of the molecule is CCCOC(=O)c1cccc(Nc2ncnc3scc(-c4ccc(CC)cc4)c23)c1. The number of benzene rings is 2. The van der Waals surface area contributed by atoms with Crippen LogP contribution in [-0.2, 0) is 11.2 Å². The average Bonchev–Trinajstić information content (AvgIpc) is 3.23. The smallest absolute Gasteiger partial charge is 0.338 e. The number of aryl methyl sites for hydroxylation is 1. The van der Waals surface area contributed by atoms with Gasteiger partial charge in [0.15, 0.2) is 0 Å². The standard InChI is InChI=1S/C24H23N3O2S/c1-3-12-29-24(28)18-6-5-7-19(13-18)27-22-21-20(14-30-23(21)26-15-25-22)17-10-8-16(4-2)9-11-17/h5-11,13-15H,3-4,12H2,1-2H3,(H,25,26,27). The minimum atomic E-state index is -0.319. The molecule has 0 aliphatic carbocycles. The molecule has 0 fully saturated rings. The van der Waals surface area contributed by atoms with Crippen LogP contribution in [0.3, 0.4) is 0 Å². The highest BCUT2D eigenvalue weighted by molar-refractivity contribution is 7.17. The highest BCUT2D eigenvalue weighted by atomic mass is 32.1. The van der Waals surface area contributed by atoms with Crippen LogP contribution in [0.5, 0.6) is 0 Å². The van der Waals surface area contributed by atoms with Gasteiger partial charge in [0.25, 0.3) is 0 Å². The first-order valence-electron chi connectivity index (χ1n) is 10.0. The Balaban J connectivity index is 1.68. The first-order valence-corrected chi connectivity index (χ1v) is 10.9. The van der Waals surface area contributed by atoms with Gasteiger partial charge in [-0.3, -0.25) is 0 Å². The number of hydrogen-bond acceptors (Lipinski definition) is 6. The van der Waals surface area contributed by atoms with Crippen LogP contribution in [0.15, 0.2) is 60.2 Å². The fourth-order valence-corrected chi connectivity index (χ4v) is 4.16. The first kappa shape index (κ1) is 20.0. The van der Waals surface area contributed by atoms with Crippen molar-refractivity contribution < 1.29 is 9.53 Å². The minimum absolute atomic E-state index is 0.319. The number of esters is 1. The molecule has 6 heteroatoms. The highest BCUT2D eigenvalue weighted by Gasteiger charge is 2.14. The van der Waals surface area contributed by atoms with E-state index < -0.39 is 0 Å². The van der Waals surface area contributed by atoms with E-state index in [-0.39, 0.29) is 5.97 Å². The Morgan fingerprint density at radius 1 is 1.10 bits per heavy atom. The summed E-state index contributed by atoms with van der Waals surface area (Å²) in [4.78, 5) is 22.0.